The average molecular weight is 380 g/mol. The standard InChI is InChI=1S/C25H20N2O2/c26-20-9-4-8-19(16-20)24(28)22-10-5-11-23(27)25(22)29-21-14-12-18(13-15-21)17-6-2-1-3-7-17/h1-16H,26-27H2. The predicted octanol–water partition coefficient (Wildman–Crippen LogP) is 5.54. The number of anilines is 2. The zero-order valence-corrected chi connectivity index (χ0v) is 15.7. The first-order valence-electron chi connectivity index (χ1n) is 9.24. The highest BCUT2D eigenvalue weighted by Crippen LogP contribution is 2.34. The zero-order valence-electron chi connectivity index (χ0n) is 15.7. The van der Waals surface area contributed by atoms with Crippen molar-refractivity contribution in [2.24, 2.45) is 0 Å². The summed E-state index contributed by atoms with van der Waals surface area (Å²) in [6.45, 7) is 0. The number of carbonyl (C=O) groups excluding carboxylic acids is 1. The number of hydrogen-bond donors (Lipinski definition) is 2. The number of ether oxygens (including phenoxy) is 1. The number of benzene rings is 4. The molecule has 4 aromatic carbocycles. The Morgan fingerprint density at radius 1 is 0.690 bits per heavy atom. The van der Waals surface area contributed by atoms with Gasteiger partial charge in [-0.1, -0.05) is 60.7 Å². The average Bonchev–Trinajstić information content (AvgIpc) is 2.76. The molecule has 0 aliphatic heterocycles. The predicted molar refractivity (Wildman–Crippen MR) is 117 cm³/mol. The Labute approximate surface area is 169 Å². The second-order valence-electron chi connectivity index (χ2n) is 6.67. The Kier molecular flexibility index (Phi) is 4.99. The van der Waals surface area contributed by atoms with E-state index >= 15 is 0 Å². The fourth-order valence-electron chi connectivity index (χ4n) is 3.15. The highest BCUT2D eigenvalue weighted by atomic mass is 16.5. The number of nitrogens with two attached hydrogens (primary N) is 2. The van der Waals surface area contributed by atoms with Crippen LogP contribution < -0.4 is 16.2 Å². The lowest BCUT2D eigenvalue weighted by Crippen LogP contribution is -2.06. The van der Waals surface area contributed by atoms with Crippen LogP contribution in [0.3, 0.4) is 0 Å². The molecular weight excluding hydrogens is 360 g/mol. The van der Waals surface area contributed by atoms with Crippen LogP contribution in [0.1, 0.15) is 15.9 Å². The lowest BCUT2D eigenvalue weighted by Gasteiger charge is -2.14. The summed E-state index contributed by atoms with van der Waals surface area (Å²) >= 11 is 0. The van der Waals surface area contributed by atoms with E-state index in [9.17, 15) is 4.79 Å². The molecule has 0 radical (unpaired) electrons. The minimum absolute atomic E-state index is 0.194. The Balaban J connectivity index is 1.65. The van der Waals surface area contributed by atoms with Crippen LogP contribution in [0, 0.1) is 0 Å². The van der Waals surface area contributed by atoms with Gasteiger partial charge in [-0.25, -0.2) is 0 Å². The van der Waals surface area contributed by atoms with Gasteiger partial charge in [-0.15, -0.1) is 0 Å². The van der Waals surface area contributed by atoms with E-state index in [2.05, 4.69) is 0 Å². The van der Waals surface area contributed by atoms with E-state index in [1.807, 2.05) is 54.6 Å². The van der Waals surface area contributed by atoms with Crippen LogP contribution in [0.25, 0.3) is 11.1 Å². The molecule has 0 spiro atoms. The minimum atomic E-state index is -0.194. The molecule has 0 bridgehead atoms. The third kappa shape index (κ3) is 3.96. The Morgan fingerprint density at radius 3 is 2.10 bits per heavy atom. The van der Waals surface area contributed by atoms with Crippen molar-refractivity contribution < 1.29 is 9.53 Å². The first-order valence-corrected chi connectivity index (χ1v) is 9.24. The van der Waals surface area contributed by atoms with Gasteiger partial charge in [0.1, 0.15) is 5.75 Å². The van der Waals surface area contributed by atoms with Crippen LogP contribution in [0.2, 0.25) is 0 Å². The van der Waals surface area contributed by atoms with Crippen LogP contribution in [0.4, 0.5) is 11.4 Å². The molecule has 0 atom stereocenters. The van der Waals surface area contributed by atoms with E-state index in [1.54, 1.807) is 42.5 Å². The number of para-hydroxylation sites is 1. The summed E-state index contributed by atoms with van der Waals surface area (Å²) in [5.74, 6) is 0.747. The van der Waals surface area contributed by atoms with E-state index in [4.69, 9.17) is 16.2 Å². The van der Waals surface area contributed by atoms with Gasteiger partial charge in [-0.2, -0.15) is 0 Å². The molecule has 4 aromatic rings. The van der Waals surface area contributed by atoms with Gasteiger partial charge in [0, 0.05) is 11.3 Å². The number of carbonyl (C=O) groups is 1. The van der Waals surface area contributed by atoms with E-state index in [-0.39, 0.29) is 5.78 Å². The van der Waals surface area contributed by atoms with E-state index in [0.717, 1.165) is 11.1 Å². The quantitative estimate of drug-likeness (QED) is 0.352. The molecule has 0 unspecified atom stereocenters. The van der Waals surface area contributed by atoms with Crippen molar-refractivity contribution in [3.8, 4) is 22.6 Å². The SMILES string of the molecule is Nc1cccc(C(=O)c2cccc(N)c2Oc2ccc(-c3ccccc3)cc2)c1. The van der Waals surface area contributed by atoms with Crippen molar-refractivity contribution in [1.29, 1.82) is 0 Å². The van der Waals surface area contributed by atoms with Gasteiger partial charge in [0.25, 0.3) is 0 Å². The zero-order chi connectivity index (χ0) is 20.2. The topological polar surface area (TPSA) is 78.3 Å². The van der Waals surface area contributed by atoms with Crippen molar-refractivity contribution in [1.82, 2.24) is 0 Å². The van der Waals surface area contributed by atoms with E-state index < -0.39 is 0 Å². The highest BCUT2D eigenvalue weighted by Gasteiger charge is 2.18. The first kappa shape index (κ1) is 18.3. The highest BCUT2D eigenvalue weighted by molar-refractivity contribution is 6.12. The van der Waals surface area contributed by atoms with Crippen LogP contribution in [0.15, 0.2) is 97.1 Å². The Morgan fingerprint density at radius 2 is 1.38 bits per heavy atom. The summed E-state index contributed by atoms with van der Waals surface area (Å²) in [6.07, 6.45) is 0. The molecular formula is C25H20N2O2. The lowest BCUT2D eigenvalue weighted by atomic mass is 10.0. The van der Waals surface area contributed by atoms with Crippen LogP contribution in [-0.4, -0.2) is 5.78 Å². The summed E-state index contributed by atoms with van der Waals surface area (Å²) in [5, 5.41) is 0. The monoisotopic (exact) mass is 380 g/mol. The number of hydrogen-bond acceptors (Lipinski definition) is 4. The van der Waals surface area contributed by atoms with Crippen molar-refractivity contribution >= 4 is 17.2 Å². The van der Waals surface area contributed by atoms with Crippen molar-refractivity contribution in [3.63, 3.8) is 0 Å². The van der Waals surface area contributed by atoms with Gasteiger partial charge in [-0.3, -0.25) is 4.79 Å². The molecule has 29 heavy (non-hydrogen) atoms. The van der Waals surface area contributed by atoms with Crippen LogP contribution in [-0.2, 0) is 0 Å². The summed E-state index contributed by atoms with van der Waals surface area (Å²) in [4.78, 5) is 13.0. The third-order valence-corrected chi connectivity index (χ3v) is 4.62. The second-order valence-corrected chi connectivity index (χ2v) is 6.67. The molecule has 4 N–H and O–H groups in total. The molecule has 0 fully saturated rings. The molecule has 0 heterocycles. The fourth-order valence-corrected chi connectivity index (χ4v) is 3.15. The van der Waals surface area contributed by atoms with Crippen molar-refractivity contribution in [3.05, 3.63) is 108 Å². The molecule has 142 valence electrons. The minimum Gasteiger partial charge on any atom is -0.454 e. The van der Waals surface area contributed by atoms with Gasteiger partial charge in [0.2, 0.25) is 0 Å². The molecule has 0 aliphatic rings. The summed E-state index contributed by atoms with van der Waals surface area (Å²) in [6, 6.07) is 29.8. The largest absolute Gasteiger partial charge is 0.454 e. The fraction of sp³-hybridized carbons (Fsp3) is 0. The van der Waals surface area contributed by atoms with E-state index in [1.165, 1.54) is 0 Å². The van der Waals surface area contributed by atoms with Gasteiger partial charge in [0.15, 0.2) is 11.5 Å². The molecule has 4 heteroatoms. The number of nitrogen functional groups attached to an aromatic ring is 2. The Hall–Kier alpha value is -4.05. The van der Waals surface area contributed by atoms with Gasteiger partial charge < -0.3 is 16.2 Å². The molecule has 0 aliphatic carbocycles. The maximum atomic E-state index is 13.0. The molecule has 0 aromatic heterocycles. The van der Waals surface area contributed by atoms with Gasteiger partial charge >= 0.3 is 0 Å². The van der Waals surface area contributed by atoms with Crippen molar-refractivity contribution in [2.45, 2.75) is 0 Å². The first-order chi connectivity index (χ1) is 14.1. The normalized spacial score (nSPS) is 10.5. The van der Waals surface area contributed by atoms with E-state index in [0.29, 0.717) is 34.0 Å². The van der Waals surface area contributed by atoms with Crippen molar-refractivity contribution in [2.75, 3.05) is 11.5 Å². The smallest absolute Gasteiger partial charge is 0.196 e. The van der Waals surface area contributed by atoms with Crippen LogP contribution >= 0.6 is 0 Å². The lowest BCUT2D eigenvalue weighted by molar-refractivity contribution is 0.103. The van der Waals surface area contributed by atoms with Gasteiger partial charge in [-0.05, 0) is 47.5 Å². The molecule has 4 rings (SSSR count). The van der Waals surface area contributed by atoms with Gasteiger partial charge in [0.05, 0.1) is 11.3 Å². The number of rotatable bonds is 5. The molecule has 0 amide bonds. The summed E-state index contributed by atoms with van der Waals surface area (Å²) in [7, 11) is 0. The van der Waals surface area contributed by atoms with Crippen LogP contribution in [0.5, 0.6) is 11.5 Å². The summed E-state index contributed by atoms with van der Waals surface area (Å²) in [5.41, 5.74) is 16.0. The molecule has 4 nitrogen and oxygen atoms in total. The Bertz CT molecular complexity index is 1150. The second kappa shape index (κ2) is 7.90. The molecule has 0 saturated heterocycles. The number of ketones is 1. The summed E-state index contributed by atoms with van der Waals surface area (Å²) < 4.78 is 6.03. The third-order valence-electron chi connectivity index (χ3n) is 4.62. The maximum Gasteiger partial charge on any atom is 0.196 e. The maximum absolute atomic E-state index is 13.0. The molecule has 0 saturated carbocycles.